The summed E-state index contributed by atoms with van der Waals surface area (Å²) < 4.78 is 45.5. The first-order chi connectivity index (χ1) is 14.8. The second kappa shape index (κ2) is 10.9. The van der Waals surface area contributed by atoms with Crippen LogP contribution in [0.1, 0.15) is 26.3 Å². The summed E-state index contributed by atoms with van der Waals surface area (Å²) in [5, 5.41) is 32.8. The monoisotopic (exact) mass is 477 g/mol. The van der Waals surface area contributed by atoms with Crippen LogP contribution in [0.15, 0.2) is 29.2 Å². The molecule has 1 aliphatic heterocycles. The molecule has 0 bridgehead atoms. The maximum atomic E-state index is 12.3. The van der Waals surface area contributed by atoms with Gasteiger partial charge in [-0.15, -0.1) is 0 Å². The number of hydrogen-bond donors (Lipinski definition) is 4. The molecule has 11 nitrogen and oxygen atoms in total. The number of aliphatic hydroxyl groups is 3. The number of rotatable bonds is 8. The lowest BCUT2D eigenvalue weighted by atomic mass is 9.99. The van der Waals surface area contributed by atoms with Crippen LogP contribution in [0.25, 0.3) is 0 Å². The molecular weight excluding hydrogens is 446 g/mol. The van der Waals surface area contributed by atoms with Crippen molar-refractivity contribution >= 4 is 16.2 Å². The second-order valence-electron chi connectivity index (χ2n) is 8.37. The molecule has 2 rings (SSSR count). The Morgan fingerprint density at radius 3 is 2.31 bits per heavy atom. The SMILES string of the molecule is Cc1ccc(S(=O)(=O)OC[C@H]2O[C@H](OCCNC(=O)OC(C)(C)C)[C@@H](O)[C@@H](O)[C@@H]2O)cc1. The fourth-order valence-electron chi connectivity index (χ4n) is 2.76. The number of carbonyl (C=O) groups is 1. The lowest BCUT2D eigenvalue weighted by Crippen LogP contribution is -2.59. The van der Waals surface area contributed by atoms with Gasteiger partial charge in [0.05, 0.1) is 18.1 Å². The molecule has 12 heteroatoms. The molecule has 0 aromatic heterocycles. The molecule has 1 aliphatic rings. The summed E-state index contributed by atoms with van der Waals surface area (Å²) in [4.78, 5) is 11.5. The van der Waals surface area contributed by atoms with Crippen LogP contribution in [-0.4, -0.2) is 85.9 Å². The Bertz CT molecular complexity index is 852. The second-order valence-corrected chi connectivity index (χ2v) is 9.98. The Kier molecular flexibility index (Phi) is 8.99. The maximum Gasteiger partial charge on any atom is 0.407 e. The number of amides is 1. The molecule has 0 spiro atoms. The van der Waals surface area contributed by atoms with Gasteiger partial charge in [0.1, 0.15) is 30.0 Å². The van der Waals surface area contributed by atoms with Gasteiger partial charge in [0.15, 0.2) is 6.29 Å². The zero-order valence-corrected chi connectivity index (χ0v) is 19.2. The molecule has 0 aliphatic carbocycles. The Hall–Kier alpha value is -1.80. The topological polar surface area (TPSA) is 161 Å². The van der Waals surface area contributed by atoms with Gasteiger partial charge < -0.3 is 34.8 Å². The van der Waals surface area contributed by atoms with E-state index in [-0.39, 0.29) is 18.0 Å². The first-order valence-corrected chi connectivity index (χ1v) is 11.5. The smallest absolute Gasteiger partial charge is 0.407 e. The number of hydrogen-bond acceptors (Lipinski definition) is 10. The quantitative estimate of drug-likeness (QED) is 0.297. The van der Waals surface area contributed by atoms with E-state index >= 15 is 0 Å². The Balaban J connectivity index is 1.89. The van der Waals surface area contributed by atoms with E-state index in [1.165, 1.54) is 12.1 Å². The van der Waals surface area contributed by atoms with Crippen molar-refractivity contribution in [2.24, 2.45) is 0 Å². The first-order valence-electron chi connectivity index (χ1n) is 10.0. The van der Waals surface area contributed by atoms with Crippen LogP contribution in [-0.2, 0) is 28.5 Å². The van der Waals surface area contributed by atoms with E-state index < -0.39 is 59.1 Å². The van der Waals surface area contributed by atoms with Crippen molar-refractivity contribution in [3.05, 3.63) is 29.8 Å². The highest BCUT2D eigenvalue weighted by Gasteiger charge is 2.44. The maximum absolute atomic E-state index is 12.3. The molecule has 1 aromatic rings. The molecule has 0 unspecified atom stereocenters. The number of alkyl carbamates (subject to hydrolysis) is 1. The van der Waals surface area contributed by atoms with Crippen molar-refractivity contribution in [3.63, 3.8) is 0 Å². The van der Waals surface area contributed by atoms with Crippen LogP contribution in [0.4, 0.5) is 4.79 Å². The number of aryl methyl sites for hydroxylation is 1. The predicted molar refractivity (Wildman–Crippen MR) is 111 cm³/mol. The van der Waals surface area contributed by atoms with Gasteiger partial charge in [0, 0.05) is 6.54 Å². The summed E-state index contributed by atoms with van der Waals surface area (Å²) >= 11 is 0. The van der Waals surface area contributed by atoms with Gasteiger partial charge in [-0.05, 0) is 39.8 Å². The van der Waals surface area contributed by atoms with Crippen molar-refractivity contribution in [1.82, 2.24) is 5.32 Å². The number of aliphatic hydroxyl groups excluding tert-OH is 3. The summed E-state index contributed by atoms with van der Waals surface area (Å²) in [6.45, 7) is 6.23. The predicted octanol–water partition coefficient (Wildman–Crippen LogP) is 0.0492. The molecule has 0 saturated carbocycles. The van der Waals surface area contributed by atoms with E-state index in [0.29, 0.717) is 0 Å². The molecule has 4 N–H and O–H groups in total. The largest absolute Gasteiger partial charge is 0.444 e. The van der Waals surface area contributed by atoms with Crippen molar-refractivity contribution in [3.8, 4) is 0 Å². The Morgan fingerprint density at radius 2 is 1.72 bits per heavy atom. The van der Waals surface area contributed by atoms with Gasteiger partial charge in [0.2, 0.25) is 0 Å². The first kappa shape index (κ1) is 26.5. The number of ether oxygens (including phenoxy) is 3. The standard InChI is InChI=1S/C20H31NO10S/c1-12-5-7-13(8-6-12)32(26,27)29-11-14-15(22)16(23)17(24)18(30-14)28-10-9-21-19(25)31-20(2,3)4/h5-8,14-18,22-24H,9-11H2,1-4H3,(H,21,25)/t14-,15-,16+,17+,18+/m1/s1. The fourth-order valence-corrected chi connectivity index (χ4v) is 3.68. The number of nitrogens with one attached hydrogen (secondary N) is 1. The van der Waals surface area contributed by atoms with Crippen LogP contribution in [0.3, 0.4) is 0 Å². The average Bonchev–Trinajstić information content (AvgIpc) is 2.69. The zero-order valence-electron chi connectivity index (χ0n) is 18.4. The molecule has 1 aromatic carbocycles. The van der Waals surface area contributed by atoms with Crippen molar-refractivity contribution in [2.45, 2.75) is 68.9 Å². The molecule has 182 valence electrons. The van der Waals surface area contributed by atoms with Gasteiger partial charge in [-0.2, -0.15) is 8.42 Å². The lowest BCUT2D eigenvalue weighted by Gasteiger charge is -2.40. The van der Waals surface area contributed by atoms with Gasteiger partial charge in [-0.3, -0.25) is 4.18 Å². The minimum Gasteiger partial charge on any atom is -0.444 e. The Morgan fingerprint density at radius 1 is 1.09 bits per heavy atom. The van der Waals surface area contributed by atoms with Crippen LogP contribution >= 0.6 is 0 Å². The summed E-state index contributed by atoms with van der Waals surface area (Å²) in [6.07, 6.45) is -8.21. The van der Waals surface area contributed by atoms with Gasteiger partial charge in [-0.25, -0.2) is 4.79 Å². The summed E-state index contributed by atoms with van der Waals surface area (Å²) in [6, 6.07) is 5.98. The molecule has 32 heavy (non-hydrogen) atoms. The zero-order chi connectivity index (χ0) is 24.1. The third kappa shape index (κ3) is 7.66. The van der Waals surface area contributed by atoms with E-state index in [0.717, 1.165) is 5.56 Å². The molecule has 5 atom stereocenters. The minimum absolute atomic E-state index is 0.0170. The summed E-state index contributed by atoms with van der Waals surface area (Å²) in [7, 11) is -4.13. The van der Waals surface area contributed by atoms with E-state index in [1.54, 1.807) is 39.8 Å². The molecule has 0 radical (unpaired) electrons. The molecular formula is C20H31NO10S. The highest BCUT2D eigenvalue weighted by Crippen LogP contribution is 2.24. The molecule has 1 fully saturated rings. The van der Waals surface area contributed by atoms with E-state index in [2.05, 4.69) is 5.32 Å². The third-order valence-electron chi connectivity index (χ3n) is 4.42. The van der Waals surface area contributed by atoms with Crippen LogP contribution in [0.2, 0.25) is 0 Å². The van der Waals surface area contributed by atoms with Crippen molar-refractivity contribution < 1.29 is 46.9 Å². The van der Waals surface area contributed by atoms with Gasteiger partial charge >= 0.3 is 6.09 Å². The summed E-state index contributed by atoms with van der Waals surface area (Å²) in [5.74, 6) is 0. The van der Waals surface area contributed by atoms with Gasteiger partial charge in [-0.1, -0.05) is 17.7 Å². The van der Waals surface area contributed by atoms with E-state index in [1.807, 2.05) is 0 Å². The third-order valence-corrected chi connectivity index (χ3v) is 5.71. The van der Waals surface area contributed by atoms with Crippen LogP contribution in [0.5, 0.6) is 0 Å². The van der Waals surface area contributed by atoms with Gasteiger partial charge in [0.25, 0.3) is 10.1 Å². The van der Waals surface area contributed by atoms with Crippen LogP contribution < -0.4 is 5.32 Å². The number of carbonyl (C=O) groups excluding carboxylic acids is 1. The summed E-state index contributed by atoms with van der Waals surface area (Å²) in [5.41, 5.74) is 0.202. The molecule has 1 saturated heterocycles. The lowest BCUT2D eigenvalue weighted by molar-refractivity contribution is -0.299. The van der Waals surface area contributed by atoms with Crippen molar-refractivity contribution in [2.75, 3.05) is 19.8 Å². The highest BCUT2D eigenvalue weighted by atomic mass is 32.2. The molecule has 1 amide bonds. The van der Waals surface area contributed by atoms with Crippen molar-refractivity contribution in [1.29, 1.82) is 0 Å². The van der Waals surface area contributed by atoms with E-state index in [4.69, 9.17) is 18.4 Å². The molecule has 1 heterocycles. The average molecular weight is 478 g/mol. The minimum atomic E-state index is -4.13. The normalized spacial score (nSPS) is 26.5. The van der Waals surface area contributed by atoms with Crippen LogP contribution in [0, 0.1) is 6.92 Å². The fraction of sp³-hybridized carbons (Fsp3) is 0.650. The highest BCUT2D eigenvalue weighted by molar-refractivity contribution is 7.86. The Labute approximate surface area is 187 Å². The number of benzene rings is 1. The van der Waals surface area contributed by atoms with E-state index in [9.17, 15) is 28.5 Å².